The highest BCUT2D eigenvalue weighted by molar-refractivity contribution is 7.90. The minimum absolute atomic E-state index is 0.0873. The van der Waals surface area contributed by atoms with E-state index in [9.17, 15) is 13.2 Å². The van der Waals surface area contributed by atoms with E-state index in [-0.39, 0.29) is 5.75 Å². The Morgan fingerprint density at radius 2 is 1.97 bits per heavy atom. The normalized spacial score (nSPS) is 16.4. The van der Waals surface area contributed by atoms with E-state index in [0.29, 0.717) is 48.9 Å². The van der Waals surface area contributed by atoms with Gasteiger partial charge < -0.3 is 15.4 Å². The van der Waals surface area contributed by atoms with E-state index in [1.165, 1.54) is 6.20 Å². The number of carbonyl (C=O) groups excluding carboxylic acids is 1. The van der Waals surface area contributed by atoms with Crippen LogP contribution in [0.25, 0.3) is 17.0 Å². The number of nitrogens with zero attached hydrogens (tertiary/aromatic N) is 3. The van der Waals surface area contributed by atoms with Crippen LogP contribution in [0.15, 0.2) is 30.1 Å². The molecule has 8 nitrogen and oxygen atoms in total. The zero-order valence-electron chi connectivity index (χ0n) is 17.1. The molecule has 29 heavy (non-hydrogen) atoms. The van der Waals surface area contributed by atoms with E-state index >= 15 is 0 Å². The van der Waals surface area contributed by atoms with Crippen LogP contribution in [-0.4, -0.2) is 68.5 Å². The molecule has 1 amide bonds. The summed E-state index contributed by atoms with van der Waals surface area (Å²) in [6.07, 6.45) is 3.27. The zero-order valence-corrected chi connectivity index (χ0v) is 18.9. The number of hydrogen-bond acceptors (Lipinski definition) is 6. The molecule has 0 aliphatic carbocycles. The summed E-state index contributed by atoms with van der Waals surface area (Å²) in [5.41, 5.74) is 7.29. The van der Waals surface area contributed by atoms with Gasteiger partial charge in [-0.25, -0.2) is 8.42 Å². The summed E-state index contributed by atoms with van der Waals surface area (Å²) in [5, 5.41) is 4.81. The van der Waals surface area contributed by atoms with Crippen molar-refractivity contribution in [2.45, 2.75) is 25.7 Å². The molecule has 1 saturated heterocycles. The Bertz CT molecular complexity index is 1030. The number of morpholine rings is 1. The van der Waals surface area contributed by atoms with Gasteiger partial charge in [-0.2, -0.15) is 9.19 Å². The largest absolute Gasteiger partial charge is 0.378 e. The maximum absolute atomic E-state index is 12.7. The maximum Gasteiger partial charge on any atom is 0.265 e. The average Bonchev–Trinajstić information content (AvgIpc) is 3.09. The molecule has 2 N–H and O–H groups in total. The number of benzene rings is 1. The lowest BCUT2D eigenvalue weighted by Gasteiger charge is -2.29. The molecule has 1 aliphatic rings. The van der Waals surface area contributed by atoms with Crippen LogP contribution in [0.4, 0.5) is 0 Å². The summed E-state index contributed by atoms with van der Waals surface area (Å²) >= 11 is 0. The van der Waals surface area contributed by atoms with Gasteiger partial charge in [-0.15, -0.1) is 0 Å². The second-order valence-corrected chi connectivity index (χ2v) is 16.0. The van der Waals surface area contributed by atoms with Crippen molar-refractivity contribution in [2.75, 3.05) is 32.1 Å². The molecule has 1 fully saturated rings. The quantitative estimate of drug-likeness (QED) is 0.523. The highest BCUT2D eigenvalue weighted by Gasteiger charge is 2.23. The fourth-order valence-corrected chi connectivity index (χ4v) is 7.45. The average molecular weight is 437 g/mol. The molecule has 1 aliphatic heterocycles. The predicted molar refractivity (Wildman–Crippen MR) is 117 cm³/mol. The Hall–Kier alpha value is -2.17. The molecule has 0 saturated carbocycles. The van der Waals surface area contributed by atoms with Crippen molar-refractivity contribution >= 4 is 41.0 Å². The topological polar surface area (TPSA) is 108 Å². The summed E-state index contributed by atoms with van der Waals surface area (Å²) in [7, 11) is -5.00. The number of rotatable bonds is 7. The number of fused-ring (bicyclic) bond motifs is 1. The fourth-order valence-electron chi connectivity index (χ4n) is 3.14. The molecule has 0 unspecified atom stereocenters. The first-order valence-electron chi connectivity index (χ1n) is 9.62. The molecule has 3 rings (SSSR count). The smallest absolute Gasteiger partial charge is 0.265 e. The summed E-state index contributed by atoms with van der Waals surface area (Å²) in [6.45, 7) is 8.74. The molecule has 2 heterocycles. The van der Waals surface area contributed by atoms with Gasteiger partial charge in [0, 0.05) is 26.5 Å². The minimum atomic E-state index is -3.51. The Balaban J connectivity index is 1.91. The first-order chi connectivity index (χ1) is 13.6. The van der Waals surface area contributed by atoms with Crippen LogP contribution >= 0.6 is 0 Å². The standard InChI is InChI=1S/C19H28N4O4SSi/c1-29(2,3)11-10-28(25,26)23-17-5-4-15(12-16(17)14-21-23)13-18(19(20)24)22-6-8-27-9-7-22/h4-5,12-14H,6-11H2,1-3H3,(H2,20,24)/b18-13+. The third-order valence-corrected chi connectivity index (χ3v) is 8.49. The number of carbonyl (C=O) groups is 1. The van der Waals surface area contributed by atoms with E-state index in [1.807, 2.05) is 11.0 Å². The van der Waals surface area contributed by atoms with E-state index in [0.717, 1.165) is 9.65 Å². The van der Waals surface area contributed by atoms with Crippen LogP contribution in [0.2, 0.25) is 25.7 Å². The van der Waals surface area contributed by atoms with Gasteiger partial charge >= 0.3 is 0 Å². The number of primary amides is 1. The van der Waals surface area contributed by atoms with Gasteiger partial charge in [0.25, 0.3) is 15.9 Å². The molecule has 10 heteroatoms. The van der Waals surface area contributed by atoms with E-state index < -0.39 is 24.0 Å². The van der Waals surface area contributed by atoms with Crippen LogP contribution in [-0.2, 0) is 19.6 Å². The lowest BCUT2D eigenvalue weighted by Crippen LogP contribution is -2.39. The Morgan fingerprint density at radius 1 is 1.28 bits per heavy atom. The molecule has 1 aromatic heterocycles. The first kappa shape index (κ1) is 21.5. The lowest BCUT2D eigenvalue weighted by atomic mass is 10.1. The molecule has 0 bridgehead atoms. The number of ether oxygens (including phenoxy) is 1. The van der Waals surface area contributed by atoms with Gasteiger partial charge in [0.1, 0.15) is 5.70 Å². The molecule has 0 spiro atoms. The van der Waals surface area contributed by atoms with E-state index in [1.54, 1.807) is 18.2 Å². The van der Waals surface area contributed by atoms with Crippen molar-refractivity contribution in [3.63, 3.8) is 0 Å². The maximum atomic E-state index is 12.7. The molecule has 0 atom stereocenters. The summed E-state index contributed by atoms with van der Waals surface area (Å²) in [4.78, 5) is 13.8. The Kier molecular flexibility index (Phi) is 6.15. The third-order valence-electron chi connectivity index (χ3n) is 4.84. The molecule has 158 valence electrons. The van der Waals surface area contributed by atoms with Crippen LogP contribution in [0.1, 0.15) is 5.56 Å². The van der Waals surface area contributed by atoms with Crippen molar-refractivity contribution in [1.29, 1.82) is 0 Å². The van der Waals surface area contributed by atoms with Gasteiger partial charge in [0.05, 0.1) is 30.7 Å². The number of nitrogens with two attached hydrogens (primary N) is 1. The molecule has 0 radical (unpaired) electrons. The number of amides is 1. The third kappa shape index (κ3) is 5.25. The summed E-state index contributed by atoms with van der Waals surface area (Å²) < 4.78 is 31.9. The second-order valence-electron chi connectivity index (χ2n) is 8.43. The van der Waals surface area contributed by atoms with Gasteiger partial charge in [0.15, 0.2) is 0 Å². The van der Waals surface area contributed by atoms with Gasteiger partial charge in [-0.3, -0.25) is 4.79 Å². The van der Waals surface area contributed by atoms with E-state index in [4.69, 9.17) is 10.5 Å². The summed E-state index contributed by atoms with van der Waals surface area (Å²) in [6, 6.07) is 5.99. The van der Waals surface area contributed by atoms with Gasteiger partial charge in [-0.05, 0) is 29.8 Å². The SMILES string of the molecule is C[Si](C)(C)CCS(=O)(=O)n1ncc2cc(/C=C(\C(N)=O)N3CCOCC3)ccc21. The van der Waals surface area contributed by atoms with Crippen LogP contribution in [0.5, 0.6) is 0 Å². The predicted octanol–water partition coefficient (Wildman–Crippen LogP) is 1.71. The van der Waals surface area contributed by atoms with Crippen molar-refractivity contribution < 1.29 is 17.9 Å². The van der Waals surface area contributed by atoms with Crippen molar-refractivity contribution in [2.24, 2.45) is 5.73 Å². The van der Waals surface area contributed by atoms with E-state index in [2.05, 4.69) is 24.7 Å². The second kappa shape index (κ2) is 8.29. The van der Waals surface area contributed by atoms with Crippen molar-refractivity contribution in [3.05, 3.63) is 35.7 Å². The Labute approximate surface area is 172 Å². The van der Waals surface area contributed by atoms with Crippen LogP contribution < -0.4 is 5.73 Å². The van der Waals surface area contributed by atoms with Crippen molar-refractivity contribution in [1.82, 2.24) is 14.1 Å². The van der Waals surface area contributed by atoms with Gasteiger partial charge in [0.2, 0.25) is 0 Å². The minimum Gasteiger partial charge on any atom is -0.378 e. The highest BCUT2D eigenvalue weighted by atomic mass is 32.2. The monoisotopic (exact) mass is 436 g/mol. The van der Waals surface area contributed by atoms with Crippen molar-refractivity contribution in [3.8, 4) is 0 Å². The summed E-state index contributed by atoms with van der Waals surface area (Å²) in [5.74, 6) is -0.416. The lowest BCUT2D eigenvalue weighted by molar-refractivity contribution is -0.116. The molecule has 2 aromatic rings. The number of aromatic nitrogens is 2. The fraction of sp³-hybridized carbons (Fsp3) is 0.474. The highest BCUT2D eigenvalue weighted by Crippen LogP contribution is 2.21. The first-order valence-corrected chi connectivity index (χ1v) is 14.9. The van der Waals surface area contributed by atoms with Gasteiger partial charge in [-0.1, -0.05) is 25.7 Å². The van der Waals surface area contributed by atoms with Crippen LogP contribution in [0.3, 0.4) is 0 Å². The zero-order chi connectivity index (χ0) is 21.2. The molecule has 1 aromatic carbocycles. The number of hydrogen-bond donors (Lipinski definition) is 1. The molecular formula is C19H28N4O4SSi. The Morgan fingerprint density at radius 3 is 2.59 bits per heavy atom. The molecular weight excluding hydrogens is 408 g/mol. The van der Waals surface area contributed by atoms with Crippen LogP contribution in [0, 0.1) is 0 Å².